The minimum absolute atomic E-state index is 0.201. The Hall–Kier alpha value is -1.28. The predicted molar refractivity (Wildman–Crippen MR) is 91.4 cm³/mol. The molecule has 2 aromatic carbocycles. The van der Waals surface area contributed by atoms with Crippen LogP contribution in [0.1, 0.15) is 22.3 Å². The molecule has 0 aromatic heterocycles. The summed E-state index contributed by atoms with van der Waals surface area (Å²) < 4.78 is 24.6. The van der Waals surface area contributed by atoms with Crippen LogP contribution in [0.15, 0.2) is 30.3 Å². The number of hydrogen-bond acceptors (Lipinski definition) is 2. The SMILES string of the molecule is COCc1cc(-c2cc(F)c(C)c(COC)c2)ccc1CP. The van der Waals surface area contributed by atoms with Crippen LogP contribution in [0, 0.1) is 12.7 Å². The van der Waals surface area contributed by atoms with E-state index in [1.165, 1.54) is 5.56 Å². The van der Waals surface area contributed by atoms with Gasteiger partial charge in [-0.2, -0.15) is 0 Å². The van der Waals surface area contributed by atoms with Gasteiger partial charge in [-0.1, -0.05) is 12.1 Å². The molecule has 22 heavy (non-hydrogen) atoms. The Balaban J connectivity index is 2.49. The highest BCUT2D eigenvalue weighted by Crippen LogP contribution is 2.28. The van der Waals surface area contributed by atoms with Gasteiger partial charge in [-0.05, 0) is 64.7 Å². The van der Waals surface area contributed by atoms with Crippen LogP contribution >= 0.6 is 9.24 Å². The van der Waals surface area contributed by atoms with Gasteiger partial charge in [0.25, 0.3) is 0 Å². The van der Waals surface area contributed by atoms with Crippen LogP contribution < -0.4 is 0 Å². The molecule has 118 valence electrons. The summed E-state index contributed by atoms with van der Waals surface area (Å²) in [7, 11) is 6.03. The molecule has 0 bridgehead atoms. The van der Waals surface area contributed by atoms with Crippen molar-refractivity contribution in [3.63, 3.8) is 0 Å². The molecule has 0 saturated heterocycles. The maximum absolute atomic E-state index is 14.2. The number of halogens is 1. The second-order valence-corrected chi connectivity index (χ2v) is 5.70. The van der Waals surface area contributed by atoms with Gasteiger partial charge in [-0.3, -0.25) is 0 Å². The molecule has 4 heteroatoms. The molecule has 0 spiro atoms. The van der Waals surface area contributed by atoms with Crippen LogP contribution in [0.5, 0.6) is 0 Å². The molecule has 0 amide bonds. The van der Waals surface area contributed by atoms with Gasteiger partial charge in [-0.25, -0.2) is 4.39 Å². The molecule has 2 aromatic rings. The van der Waals surface area contributed by atoms with Gasteiger partial charge in [0.15, 0.2) is 0 Å². The monoisotopic (exact) mass is 320 g/mol. The van der Waals surface area contributed by atoms with Crippen molar-refractivity contribution in [1.29, 1.82) is 0 Å². The zero-order valence-electron chi connectivity index (χ0n) is 13.3. The van der Waals surface area contributed by atoms with Crippen LogP contribution in [-0.4, -0.2) is 14.2 Å². The topological polar surface area (TPSA) is 18.5 Å². The largest absolute Gasteiger partial charge is 0.380 e. The van der Waals surface area contributed by atoms with Crippen LogP contribution in [0.2, 0.25) is 0 Å². The van der Waals surface area contributed by atoms with Crippen molar-refractivity contribution in [3.05, 3.63) is 58.4 Å². The van der Waals surface area contributed by atoms with E-state index in [9.17, 15) is 4.39 Å². The lowest BCUT2D eigenvalue weighted by molar-refractivity contribution is 0.184. The highest BCUT2D eigenvalue weighted by Gasteiger charge is 2.10. The molecule has 0 N–H and O–H groups in total. The fourth-order valence-corrected chi connectivity index (χ4v) is 2.90. The molecule has 0 saturated carbocycles. The summed E-state index contributed by atoms with van der Waals surface area (Å²) in [5, 5.41) is 0. The van der Waals surface area contributed by atoms with Crippen molar-refractivity contribution < 1.29 is 13.9 Å². The summed E-state index contributed by atoms with van der Waals surface area (Å²) in [6.07, 6.45) is 0.871. The number of methoxy groups -OCH3 is 2. The van der Waals surface area contributed by atoms with Gasteiger partial charge in [0, 0.05) is 14.2 Å². The molecule has 0 aliphatic heterocycles. The molecule has 2 rings (SSSR count). The summed E-state index contributed by atoms with van der Waals surface area (Å²) in [5.74, 6) is -0.201. The number of benzene rings is 2. The average molecular weight is 320 g/mol. The Bertz CT molecular complexity index is 656. The Labute approximate surface area is 133 Å². The van der Waals surface area contributed by atoms with Crippen molar-refractivity contribution in [3.8, 4) is 11.1 Å². The maximum Gasteiger partial charge on any atom is 0.127 e. The Kier molecular flexibility index (Phi) is 6.07. The molecular formula is C18H22FO2P. The van der Waals surface area contributed by atoms with Crippen molar-refractivity contribution in [2.75, 3.05) is 14.2 Å². The summed E-state index contributed by atoms with van der Waals surface area (Å²) >= 11 is 0. The van der Waals surface area contributed by atoms with E-state index in [0.717, 1.165) is 28.4 Å². The third-order valence-electron chi connectivity index (χ3n) is 3.81. The highest BCUT2D eigenvalue weighted by atomic mass is 31.0. The van der Waals surface area contributed by atoms with Gasteiger partial charge >= 0.3 is 0 Å². The van der Waals surface area contributed by atoms with Crippen molar-refractivity contribution >= 4 is 9.24 Å². The third kappa shape index (κ3) is 3.73. The second-order valence-electron chi connectivity index (χ2n) is 5.30. The minimum Gasteiger partial charge on any atom is -0.380 e. The quantitative estimate of drug-likeness (QED) is 0.731. The summed E-state index contributed by atoms with van der Waals surface area (Å²) in [4.78, 5) is 0. The molecule has 1 atom stereocenters. The van der Waals surface area contributed by atoms with Crippen molar-refractivity contribution in [1.82, 2.24) is 0 Å². The molecule has 0 radical (unpaired) electrons. The number of ether oxygens (including phenoxy) is 2. The van der Waals surface area contributed by atoms with Crippen LogP contribution in [0.3, 0.4) is 0 Å². The first-order valence-electron chi connectivity index (χ1n) is 7.19. The molecule has 2 nitrogen and oxygen atoms in total. The Morgan fingerprint density at radius 1 is 0.909 bits per heavy atom. The maximum atomic E-state index is 14.2. The first-order chi connectivity index (χ1) is 10.6. The van der Waals surface area contributed by atoms with E-state index in [1.807, 2.05) is 12.1 Å². The van der Waals surface area contributed by atoms with Crippen molar-refractivity contribution in [2.24, 2.45) is 0 Å². The minimum atomic E-state index is -0.201. The summed E-state index contributed by atoms with van der Waals surface area (Å²) in [6, 6.07) is 9.75. The smallest absolute Gasteiger partial charge is 0.127 e. The Morgan fingerprint density at radius 2 is 1.55 bits per heavy atom. The molecule has 0 heterocycles. The zero-order chi connectivity index (χ0) is 16.1. The average Bonchev–Trinajstić information content (AvgIpc) is 2.52. The molecule has 0 aliphatic rings. The lowest BCUT2D eigenvalue weighted by Crippen LogP contribution is -1.98. The highest BCUT2D eigenvalue weighted by molar-refractivity contribution is 7.15. The van der Waals surface area contributed by atoms with Gasteiger partial charge in [-0.15, -0.1) is 9.24 Å². The van der Waals surface area contributed by atoms with E-state index in [1.54, 1.807) is 27.2 Å². The van der Waals surface area contributed by atoms with E-state index >= 15 is 0 Å². The van der Waals surface area contributed by atoms with E-state index < -0.39 is 0 Å². The predicted octanol–water partition coefficient (Wildman–Crippen LogP) is 4.47. The van der Waals surface area contributed by atoms with Gasteiger partial charge in [0.05, 0.1) is 13.2 Å². The van der Waals surface area contributed by atoms with E-state index in [4.69, 9.17) is 9.47 Å². The standard InChI is InChI=1S/C18H22FO2P/c1-12-16(9-20-2)7-15(8-18(12)19)13-4-5-14(11-22)17(6-13)10-21-3/h4-8H,9-11,22H2,1-3H3. The molecule has 0 fully saturated rings. The lowest BCUT2D eigenvalue weighted by atomic mass is 9.96. The van der Waals surface area contributed by atoms with Crippen LogP contribution in [0.4, 0.5) is 4.39 Å². The summed E-state index contributed by atoms with van der Waals surface area (Å²) in [6.45, 7) is 2.74. The van der Waals surface area contributed by atoms with Gasteiger partial charge < -0.3 is 9.47 Å². The molecular weight excluding hydrogens is 298 g/mol. The normalized spacial score (nSPS) is 11.0. The Morgan fingerprint density at radius 3 is 2.18 bits per heavy atom. The second kappa shape index (κ2) is 7.82. The fraction of sp³-hybridized carbons (Fsp3) is 0.333. The molecule has 0 aliphatic carbocycles. The van der Waals surface area contributed by atoms with Crippen molar-refractivity contribution in [2.45, 2.75) is 26.3 Å². The first-order valence-corrected chi connectivity index (χ1v) is 8.01. The van der Waals surface area contributed by atoms with E-state index in [-0.39, 0.29) is 5.82 Å². The van der Waals surface area contributed by atoms with Crippen LogP contribution in [-0.2, 0) is 28.8 Å². The zero-order valence-corrected chi connectivity index (χ0v) is 14.4. The number of rotatable bonds is 6. The number of hydrogen-bond donors (Lipinski definition) is 0. The van der Waals surface area contributed by atoms with Crippen LogP contribution in [0.25, 0.3) is 11.1 Å². The first kappa shape index (κ1) is 17.1. The fourth-order valence-electron chi connectivity index (χ4n) is 2.50. The van der Waals surface area contributed by atoms with E-state index in [0.29, 0.717) is 18.8 Å². The lowest BCUT2D eigenvalue weighted by Gasteiger charge is -2.13. The molecule has 1 unspecified atom stereocenters. The summed E-state index contributed by atoms with van der Waals surface area (Å²) in [5.41, 5.74) is 5.73. The van der Waals surface area contributed by atoms with Gasteiger partial charge in [0.1, 0.15) is 5.82 Å². The third-order valence-corrected chi connectivity index (χ3v) is 4.25. The van der Waals surface area contributed by atoms with E-state index in [2.05, 4.69) is 21.4 Å². The van der Waals surface area contributed by atoms with Gasteiger partial charge in [0.2, 0.25) is 0 Å².